The van der Waals surface area contributed by atoms with Crippen LogP contribution in [0.4, 0.5) is 11.4 Å². The number of methoxy groups -OCH3 is 1. The summed E-state index contributed by atoms with van der Waals surface area (Å²) in [5.74, 6) is -0.872. The summed E-state index contributed by atoms with van der Waals surface area (Å²) >= 11 is 1.02. The maximum absolute atomic E-state index is 12.5. The molecule has 0 unspecified atom stereocenters. The van der Waals surface area contributed by atoms with Crippen LogP contribution >= 0.6 is 11.8 Å². The zero-order valence-corrected chi connectivity index (χ0v) is 17.4. The summed E-state index contributed by atoms with van der Waals surface area (Å²) < 4.78 is 10.1. The Morgan fingerprint density at radius 2 is 2.03 bits per heavy atom. The van der Waals surface area contributed by atoms with Crippen molar-refractivity contribution in [1.82, 2.24) is 0 Å². The number of esters is 1. The minimum atomic E-state index is -0.761. The highest BCUT2D eigenvalue weighted by atomic mass is 32.2. The summed E-state index contributed by atoms with van der Waals surface area (Å²) in [7, 11) is 1.41. The Bertz CT molecular complexity index is 1140. The van der Waals surface area contributed by atoms with E-state index in [-0.39, 0.29) is 45.9 Å². The summed E-state index contributed by atoms with van der Waals surface area (Å²) in [5, 5.41) is 31.6. The molecule has 1 aliphatic heterocycles. The maximum atomic E-state index is 12.5. The molecule has 0 bridgehead atoms. The molecule has 9 nitrogen and oxygen atoms in total. The van der Waals surface area contributed by atoms with Crippen LogP contribution in [-0.2, 0) is 9.53 Å². The summed E-state index contributed by atoms with van der Waals surface area (Å²) in [5.41, 5.74) is 0.570. The number of benzene rings is 2. The minimum absolute atomic E-state index is 0.0383. The fourth-order valence-electron chi connectivity index (χ4n) is 2.72. The molecule has 0 aromatic heterocycles. The number of carbonyl (C=O) groups is 1. The van der Waals surface area contributed by atoms with E-state index in [1.165, 1.54) is 31.4 Å². The quantitative estimate of drug-likeness (QED) is 0.380. The highest BCUT2D eigenvalue weighted by Crippen LogP contribution is 2.41. The van der Waals surface area contributed by atoms with Gasteiger partial charge in [-0.25, -0.2) is 9.79 Å². The first-order valence-electron chi connectivity index (χ1n) is 9.04. The Balaban J connectivity index is 2.06. The van der Waals surface area contributed by atoms with Crippen LogP contribution in [0.25, 0.3) is 6.08 Å². The van der Waals surface area contributed by atoms with Gasteiger partial charge in [-0.3, -0.25) is 10.1 Å². The van der Waals surface area contributed by atoms with Crippen LogP contribution in [0.2, 0.25) is 0 Å². The molecule has 31 heavy (non-hydrogen) atoms. The number of aliphatic imine (C=N–C) groups is 1. The number of aliphatic hydroxyl groups excluding tert-OH is 1. The van der Waals surface area contributed by atoms with E-state index < -0.39 is 10.9 Å². The zero-order valence-electron chi connectivity index (χ0n) is 16.6. The number of non-ortho nitro benzene ring substituents is 1. The molecule has 2 N–H and O–H groups in total. The molecule has 1 heterocycles. The fourth-order valence-corrected chi connectivity index (χ4v) is 3.76. The van der Waals surface area contributed by atoms with Crippen LogP contribution in [0.15, 0.2) is 63.7 Å². The Hall–Kier alpha value is -3.79. The number of phenols is 1. The highest BCUT2D eigenvalue weighted by molar-refractivity contribution is 8.18. The van der Waals surface area contributed by atoms with E-state index >= 15 is 0 Å². The van der Waals surface area contributed by atoms with Crippen LogP contribution in [0.1, 0.15) is 12.5 Å². The van der Waals surface area contributed by atoms with Gasteiger partial charge in [-0.1, -0.05) is 23.9 Å². The molecule has 2 aromatic rings. The number of hydrogen-bond donors (Lipinski definition) is 2. The summed E-state index contributed by atoms with van der Waals surface area (Å²) in [4.78, 5) is 27.6. The van der Waals surface area contributed by atoms with E-state index in [9.17, 15) is 25.1 Å². The van der Waals surface area contributed by atoms with Crippen molar-refractivity contribution in [3.63, 3.8) is 0 Å². The Morgan fingerprint density at radius 1 is 1.26 bits per heavy atom. The largest absolute Gasteiger partial charge is 0.506 e. The van der Waals surface area contributed by atoms with Crippen LogP contribution in [0, 0.1) is 10.1 Å². The lowest BCUT2D eigenvalue weighted by Crippen LogP contribution is -2.12. The molecule has 160 valence electrons. The molecule has 0 aliphatic carbocycles. The number of aromatic hydroxyl groups is 1. The molecule has 0 saturated heterocycles. The number of nitro benzene ring substituents is 1. The van der Waals surface area contributed by atoms with Crippen LogP contribution in [-0.4, -0.2) is 39.9 Å². The number of thioether (sulfide) groups is 1. The van der Waals surface area contributed by atoms with Crippen molar-refractivity contribution in [3.8, 4) is 11.5 Å². The van der Waals surface area contributed by atoms with Crippen LogP contribution in [0.3, 0.4) is 0 Å². The number of phenolic OH excluding ortho intramolecular Hbond substituents is 1. The third-order valence-electron chi connectivity index (χ3n) is 4.14. The molecule has 3 rings (SSSR count). The molecule has 2 aromatic carbocycles. The van der Waals surface area contributed by atoms with Crippen molar-refractivity contribution in [1.29, 1.82) is 0 Å². The topological polar surface area (TPSA) is 131 Å². The molecule has 0 atom stereocenters. The molecular formula is C21H18N2O7S. The highest BCUT2D eigenvalue weighted by Gasteiger charge is 2.33. The third kappa shape index (κ3) is 4.86. The van der Waals surface area contributed by atoms with Gasteiger partial charge in [0.25, 0.3) is 5.69 Å². The first-order valence-corrected chi connectivity index (χ1v) is 9.86. The van der Waals surface area contributed by atoms with Gasteiger partial charge in [0.05, 0.1) is 29.2 Å². The average Bonchev–Trinajstić information content (AvgIpc) is 3.04. The monoisotopic (exact) mass is 442 g/mol. The SMILES string of the molecule is CCOC(=O)C1=C(O)C(=Cc2ccc(O)c(OC)c2)SC1=Nc1cccc([N+](=O)[O-])c1. The lowest BCUT2D eigenvalue weighted by atomic mass is 10.1. The number of nitro groups is 1. The van der Waals surface area contributed by atoms with E-state index in [4.69, 9.17) is 9.47 Å². The van der Waals surface area contributed by atoms with Gasteiger partial charge in [-0.2, -0.15) is 0 Å². The zero-order chi connectivity index (χ0) is 22.5. The lowest BCUT2D eigenvalue weighted by Gasteiger charge is -2.04. The fraction of sp³-hybridized carbons (Fsp3) is 0.143. The number of nitrogens with zero attached hydrogens (tertiary/aromatic N) is 2. The van der Waals surface area contributed by atoms with Gasteiger partial charge in [-0.15, -0.1) is 0 Å². The van der Waals surface area contributed by atoms with Gasteiger partial charge in [0.15, 0.2) is 11.5 Å². The summed E-state index contributed by atoms with van der Waals surface area (Å²) in [6, 6.07) is 10.2. The smallest absolute Gasteiger partial charge is 0.344 e. The second-order valence-electron chi connectivity index (χ2n) is 6.18. The molecule has 0 amide bonds. The first-order chi connectivity index (χ1) is 14.8. The van der Waals surface area contributed by atoms with Gasteiger partial charge in [-0.05, 0) is 36.8 Å². The third-order valence-corrected chi connectivity index (χ3v) is 5.16. The van der Waals surface area contributed by atoms with Crippen molar-refractivity contribution in [2.24, 2.45) is 4.99 Å². The number of hydrogen-bond acceptors (Lipinski definition) is 9. The predicted octanol–water partition coefficient (Wildman–Crippen LogP) is 4.50. The second kappa shape index (κ2) is 9.35. The van der Waals surface area contributed by atoms with Crippen molar-refractivity contribution >= 4 is 40.2 Å². The Kier molecular flexibility index (Phi) is 6.61. The van der Waals surface area contributed by atoms with Gasteiger partial charge in [0.2, 0.25) is 0 Å². The number of rotatable bonds is 6. The lowest BCUT2D eigenvalue weighted by molar-refractivity contribution is -0.384. The van der Waals surface area contributed by atoms with Crippen molar-refractivity contribution in [2.45, 2.75) is 6.92 Å². The normalized spacial score (nSPS) is 16.1. The van der Waals surface area contributed by atoms with E-state index in [2.05, 4.69) is 4.99 Å². The van der Waals surface area contributed by atoms with Gasteiger partial charge < -0.3 is 19.7 Å². The van der Waals surface area contributed by atoms with E-state index in [0.717, 1.165) is 11.8 Å². The average molecular weight is 442 g/mol. The molecule has 0 fully saturated rings. The molecule has 10 heteroatoms. The Morgan fingerprint density at radius 3 is 2.71 bits per heavy atom. The van der Waals surface area contributed by atoms with Gasteiger partial charge in [0, 0.05) is 12.1 Å². The minimum Gasteiger partial charge on any atom is -0.506 e. The van der Waals surface area contributed by atoms with Gasteiger partial charge in [0.1, 0.15) is 16.4 Å². The Labute approximate surface area is 181 Å². The summed E-state index contributed by atoms with van der Waals surface area (Å²) in [6.07, 6.45) is 1.59. The van der Waals surface area contributed by atoms with Gasteiger partial charge >= 0.3 is 5.97 Å². The van der Waals surface area contributed by atoms with Crippen LogP contribution < -0.4 is 4.74 Å². The van der Waals surface area contributed by atoms with Crippen molar-refractivity contribution in [3.05, 3.63) is 74.4 Å². The number of aliphatic hydroxyl groups is 1. The van der Waals surface area contributed by atoms with E-state index in [0.29, 0.717) is 10.5 Å². The maximum Gasteiger partial charge on any atom is 0.344 e. The van der Waals surface area contributed by atoms with Crippen LogP contribution in [0.5, 0.6) is 11.5 Å². The molecule has 0 radical (unpaired) electrons. The number of carbonyl (C=O) groups excluding carboxylic acids is 1. The second-order valence-corrected chi connectivity index (χ2v) is 7.21. The van der Waals surface area contributed by atoms with E-state index in [1.54, 1.807) is 31.2 Å². The van der Waals surface area contributed by atoms with E-state index in [1.807, 2.05) is 0 Å². The molecule has 0 saturated carbocycles. The van der Waals surface area contributed by atoms with Crippen molar-refractivity contribution in [2.75, 3.05) is 13.7 Å². The first kappa shape index (κ1) is 21.9. The van der Waals surface area contributed by atoms with Crippen molar-refractivity contribution < 1.29 is 29.4 Å². The molecule has 0 spiro atoms. The molecule has 1 aliphatic rings. The number of ether oxygens (including phenoxy) is 2. The predicted molar refractivity (Wildman–Crippen MR) is 117 cm³/mol. The standard InChI is InChI=1S/C21H18N2O7S/c1-3-30-21(26)18-19(25)17(10-12-7-8-15(24)16(9-12)29-2)31-20(18)22-13-5-4-6-14(11-13)23(27)28/h4-11,24-25H,3H2,1-2H3. The summed E-state index contributed by atoms with van der Waals surface area (Å²) in [6.45, 7) is 1.73. The molecular weight excluding hydrogens is 424 g/mol.